The molecule has 2 N–H and O–H groups in total. The molecule has 1 aliphatic carbocycles. The van der Waals surface area contributed by atoms with E-state index in [1.165, 1.54) is 25.7 Å². The summed E-state index contributed by atoms with van der Waals surface area (Å²) in [6, 6.07) is 10.1. The van der Waals surface area contributed by atoms with Gasteiger partial charge in [-0.25, -0.2) is 4.68 Å². The third kappa shape index (κ3) is 2.16. The van der Waals surface area contributed by atoms with E-state index in [-0.39, 0.29) is 11.5 Å². The minimum Gasteiger partial charge on any atom is -0.322 e. The average Bonchev–Trinajstić information content (AvgIpc) is 3.08. The van der Waals surface area contributed by atoms with Crippen LogP contribution in [0.15, 0.2) is 36.5 Å². The Balaban J connectivity index is 1.96. The molecule has 4 heteroatoms. The van der Waals surface area contributed by atoms with Gasteiger partial charge in [-0.15, -0.1) is 5.10 Å². The number of hydrogen-bond donors (Lipinski definition) is 1. The summed E-state index contributed by atoms with van der Waals surface area (Å²) in [5, 5.41) is 8.25. The summed E-state index contributed by atoms with van der Waals surface area (Å²) in [5.41, 5.74) is 8.72. The number of rotatable bonds is 3. The monoisotopic (exact) mass is 256 g/mol. The van der Waals surface area contributed by atoms with Crippen LogP contribution in [0.25, 0.3) is 5.69 Å². The van der Waals surface area contributed by atoms with E-state index in [1.54, 1.807) is 6.20 Å². The van der Waals surface area contributed by atoms with Crippen molar-refractivity contribution in [2.45, 2.75) is 38.6 Å². The standard InChI is InChI=1S/C15H20N4/c1-15(9-5-6-10-15)14(16)13-11-17-18-19(13)12-7-3-2-4-8-12/h2-4,7-8,11,14H,5-6,9-10,16H2,1H3. The first-order valence-corrected chi connectivity index (χ1v) is 6.92. The third-order valence-electron chi connectivity index (χ3n) is 4.39. The molecule has 0 radical (unpaired) electrons. The highest BCUT2D eigenvalue weighted by atomic mass is 15.4. The molecule has 1 aliphatic rings. The number of benzene rings is 1. The maximum absolute atomic E-state index is 6.52. The Bertz CT molecular complexity index is 540. The zero-order valence-electron chi connectivity index (χ0n) is 11.3. The van der Waals surface area contributed by atoms with Gasteiger partial charge >= 0.3 is 0 Å². The second-order valence-corrected chi connectivity index (χ2v) is 5.75. The van der Waals surface area contributed by atoms with E-state index >= 15 is 0 Å². The number of aromatic nitrogens is 3. The lowest BCUT2D eigenvalue weighted by Crippen LogP contribution is -2.31. The van der Waals surface area contributed by atoms with E-state index in [1.807, 2.05) is 35.0 Å². The van der Waals surface area contributed by atoms with Crippen molar-refractivity contribution in [1.82, 2.24) is 15.0 Å². The van der Waals surface area contributed by atoms with Crippen molar-refractivity contribution in [3.8, 4) is 5.69 Å². The molecule has 0 spiro atoms. The first kappa shape index (κ1) is 12.4. The summed E-state index contributed by atoms with van der Waals surface area (Å²) < 4.78 is 1.87. The van der Waals surface area contributed by atoms with E-state index in [4.69, 9.17) is 5.73 Å². The molecule has 1 fully saturated rings. The smallest absolute Gasteiger partial charge is 0.0818 e. The maximum Gasteiger partial charge on any atom is 0.0818 e. The van der Waals surface area contributed by atoms with Gasteiger partial charge in [-0.2, -0.15) is 0 Å². The summed E-state index contributed by atoms with van der Waals surface area (Å²) in [5.74, 6) is 0. The Hall–Kier alpha value is -1.68. The molecule has 1 saturated carbocycles. The topological polar surface area (TPSA) is 56.7 Å². The first-order chi connectivity index (χ1) is 9.21. The van der Waals surface area contributed by atoms with Gasteiger partial charge in [-0.3, -0.25) is 0 Å². The van der Waals surface area contributed by atoms with Crippen LogP contribution in [0.1, 0.15) is 44.3 Å². The first-order valence-electron chi connectivity index (χ1n) is 6.92. The highest BCUT2D eigenvalue weighted by molar-refractivity contribution is 5.32. The van der Waals surface area contributed by atoms with Gasteiger partial charge < -0.3 is 5.73 Å². The number of para-hydroxylation sites is 1. The van der Waals surface area contributed by atoms with Gasteiger partial charge in [0.15, 0.2) is 0 Å². The lowest BCUT2D eigenvalue weighted by atomic mass is 9.79. The van der Waals surface area contributed by atoms with Crippen LogP contribution in [-0.2, 0) is 0 Å². The van der Waals surface area contributed by atoms with Crippen molar-refractivity contribution in [3.05, 3.63) is 42.2 Å². The Labute approximate surface area is 113 Å². The van der Waals surface area contributed by atoms with Crippen LogP contribution in [0, 0.1) is 5.41 Å². The second-order valence-electron chi connectivity index (χ2n) is 5.75. The molecule has 2 aromatic rings. The van der Waals surface area contributed by atoms with Crippen LogP contribution in [0.2, 0.25) is 0 Å². The Morgan fingerprint density at radius 1 is 1.21 bits per heavy atom. The van der Waals surface area contributed by atoms with Gasteiger partial charge in [0.2, 0.25) is 0 Å². The van der Waals surface area contributed by atoms with E-state index in [9.17, 15) is 0 Å². The fourth-order valence-corrected chi connectivity index (χ4v) is 3.08. The lowest BCUT2D eigenvalue weighted by Gasteiger charge is -2.31. The van der Waals surface area contributed by atoms with Gasteiger partial charge in [0, 0.05) is 0 Å². The van der Waals surface area contributed by atoms with Gasteiger partial charge in [0.25, 0.3) is 0 Å². The van der Waals surface area contributed by atoms with Gasteiger partial charge in [0.1, 0.15) is 0 Å². The predicted molar refractivity (Wildman–Crippen MR) is 74.9 cm³/mol. The summed E-state index contributed by atoms with van der Waals surface area (Å²) in [6.07, 6.45) is 6.73. The Morgan fingerprint density at radius 3 is 2.58 bits per heavy atom. The molecule has 3 rings (SSSR count). The van der Waals surface area contributed by atoms with Crippen molar-refractivity contribution >= 4 is 0 Å². The summed E-state index contributed by atoms with van der Waals surface area (Å²) in [6.45, 7) is 2.28. The molecule has 0 amide bonds. The SMILES string of the molecule is CC1(C(N)c2cnnn2-c2ccccc2)CCCC1. The fourth-order valence-electron chi connectivity index (χ4n) is 3.08. The third-order valence-corrected chi connectivity index (χ3v) is 4.39. The number of nitrogens with zero attached hydrogens (tertiary/aromatic N) is 3. The van der Waals surface area contributed by atoms with E-state index in [2.05, 4.69) is 17.2 Å². The molecule has 0 saturated heterocycles. The zero-order chi connectivity index (χ0) is 13.3. The predicted octanol–water partition coefficient (Wildman–Crippen LogP) is 2.85. The quantitative estimate of drug-likeness (QED) is 0.918. The Kier molecular flexibility index (Phi) is 3.11. The highest BCUT2D eigenvalue weighted by Crippen LogP contribution is 2.45. The van der Waals surface area contributed by atoms with E-state index < -0.39 is 0 Å². The molecule has 19 heavy (non-hydrogen) atoms. The average molecular weight is 256 g/mol. The molecule has 4 nitrogen and oxygen atoms in total. The van der Waals surface area contributed by atoms with Crippen LogP contribution in [-0.4, -0.2) is 15.0 Å². The highest BCUT2D eigenvalue weighted by Gasteiger charge is 2.37. The van der Waals surface area contributed by atoms with Crippen molar-refractivity contribution in [1.29, 1.82) is 0 Å². The molecule has 1 aromatic carbocycles. The summed E-state index contributed by atoms with van der Waals surface area (Å²) in [4.78, 5) is 0. The van der Waals surface area contributed by atoms with Gasteiger partial charge in [0.05, 0.1) is 23.6 Å². The van der Waals surface area contributed by atoms with Crippen molar-refractivity contribution in [2.75, 3.05) is 0 Å². The fraction of sp³-hybridized carbons (Fsp3) is 0.467. The normalized spacial score (nSPS) is 19.5. The minimum atomic E-state index is -0.00907. The molecule has 0 aliphatic heterocycles. The maximum atomic E-state index is 6.52. The van der Waals surface area contributed by atoms with Crippen LogP contribution in [0.5, 0.6) is 0 Å². The van der Waals surface area contributed by atoms with Crippen LogP contribution >= 0.6 is 0 Å². The summed E-state index contributed by atoms with van der Waals surface area (Å²) >= 11 is 0. The van der Waals surface area contributed by atoms with Crippen LogP contribution in [0.3, 0.4) is 0 Å². The molecular formula is C15H20N4. The van der Waals surface area contributed by atoms with Crippen LogP contribution < -0.4 is 5.73 Å². The number of hydrogen-bond acceptors (Lipinski definition) is 3. The summed E-state index contributed by atoms with van der Waals surface area (Å²) in [7, 11) is 0. The van der Waals surface area contributed by atoms with Gasteiger partial charge in [-0.05, 0) is 30.4 Å². The second kappa shape index (κ2) is 4.78. The van der Waals surface area contributed by atoms with Crippen molar-refractivity contribution in [2.24, 2.45) is 11.1 Å². The number of nitrogens with two attached hydrogens (primary N) is 1. The molecule has 1 atom stereocenters. The molecule has 1 unspecified atom stereocenters. The molecule has 1 aromatic heterocycles. The van der Waals surface area contributed by atoms with Crippen molar-refractivity contribution in [3.63, 3.8) is 0 Å². The molecular weight excluding hydrogens is 236 g/mol. The van der Waals surface area contributed by atoms with E-state index in [0.29, 0.717) is 0 Å². The zero-order valence-corrected chi connectivity index (χ0v) is 11.3. The Morgan fingerprint density at radius 2 is 1.89 bits per heavy atom. The minimum absolute atomic E-state index is 0.00907. The molecule has 1 heterocycles. The van der Waals surface area contributed by atoms with Crippen molar-refractivity contribution < 1.29 is 0 Å². The largest absolute Gasteiger partial charge is 0.322 e. The lowest BCUT2D eigenvalue weighted by molar-refractivity contribution is 0.258. The molecule has 100 valence electrons. The molecule has 0 bridgehead atoms. The van der Waals surface area contributed by atoms with Crippen LogP contribution in [0.4, 0.5) is 0 Å². The van der Waals surface area contributed by atoms with Gasteiger partial charge in [-0.1, -0.05) is 43.2 Å². The van der Waals surface area contributed by atoms with E-state index in [0.717, 1.165) is 11.4 Å².